The van der Waals surface area contributed by atoms with Crippen LogP contribution in [0.25, 0.3) is 0 Å². The van der Waals surface area contributed by atoms with E-state index in [1.807, 2.05) is 5.01 Å². The molecule has 0 aromatic heterocycles. The summed E-state index contributed by atoms with van der Waals surface area (Å²) in [5.74, 6) is -0.565. The molecule has 5 nitrogen and oxygen atoms in total. The van der Waals surface area contributed by atoms with Gasteiger partial charge in [0, 0.05) is 12.1 Å². The monoisotopic (exact) mass is 264 g/mol. The maximum absolute atomic E-state index is 12.2. The van der Waals surface area contributed by atoms with Gasteiger partial charge in [-0.15, -0.1) is 0 Å². The molecular weight excluding hydrogens is 244 g/mol. The van der Waals surface area contributed by atoms with Crippen LogP contribution in [0.1, 0.15) is 43.5 Å². The fourth-order valence-corrected chi connectivity index (χ4v) is 2.53. The molecule has 1 saturated heterocycles. The van der Waals surface area contributed by atoms with Gasteiger partial charge in [0.15, 0.2) is 0 Å². The second-order valence-corrected chi connectivity index (χ2v) is 5.18. The van der Waals surface area contributed by atoms with Crippen LogP contribution in [0, 0.1) is 0 Å². The average molecular weight is 264 g/mol. The Balaban J connectivity index is 2.14. The lowest BCUT2D eigenvalue weighted by atomic mass is 10.00. The van der Waals surface area contributed by atoms with Crippen molar-refractivity contribution in [2.75, 3.05) is 0 Å². The first-order valence-electron chi connectivity index (χ1n) is 6.60. The Bertz CT molecular complexity index is 466. The molecule has 0 spiro atoms. The number of nitrogens with one attached hydrogen (secondary N) is 1. The Labute approximate surface area is 112 Å². The minimum absolute atomic E-state index is 0.0392. The lowest BCUT2D eigenvalue weighted by molar-refractivity contribution is 0.0368. The zero-order valence-corrected chi connectivity index (χ0v) is 11.3. The van der Waals surface area contributed by atoms with Crippen molar-refractivity contribution in [1.29, 1.82) is 0 Å². The van der Waals surface area contributed by atoms with Gasteiger partial charge in [-0.2, -0.15) is 0 Å². The number of carbonyl (C=O) groups excluding carboxylic acids is 1. The highest BCUT2D eigenvalue weighted by Gasteiger charge is 2.27. The first-order valence-corrected chi connectivity index (χ1v) is 6.60. The van der Waals surface area contributed by atoms with Crippen LogP contribution in [0.2, 0.25) is 0 Å². The van der Waals surface area contributed by atoms with Crippen molar-refractivity contribution in [3.63, 3.8) is 0 Å². The van der Waals surface area contributed by atoms with Crippen LogP contribution in [0.15, 0.2) is 18.2 Å². The maximum Gasteiger partial charge on any atom is 0.269 e. The molecule has 1 aliphatic rings. The normalized spacial score (nSPS) is 24.1. The SMILES string of the molecule is CC1CCCC(C)N1NC(=O)c1cc(O)ccc1O. The number of aromatic hydroxyl groups is 2. The Morgan fingerprint density at radius 1 is 1.26 bits per heavy atom. The molecule has 104 valence electrons. The van der Waals surface area contributed by atoms with Crippen molar-refractivity contribution < 1.29 is 15.0 Å². The molecule has 2 unspecified atom stereocenters. The number of benzene rings is 1. The van der Waals surface area contributed by atoms with Gasteiger partial charge in [-0.3, -0.25) is 10.2 Å². The molecule has 2 rings (SSSR count). The van der Waals surface area contributed by atoms with Crippen LogP contribution in [-0.2, 0) is 0 Å². The first-order chi connectivity index (χ1) is 8.99. The van der Waals surface area contributed by atoms with E-state index in [9.17, 15) is 15.0 Å². The molecule has 1 fully saturated rings. The molecule has 3 N–H and O–H groups in total. The second kappa shape index (κ2) is 5.48. The molecule has 2 atom stereocenters. The summed E-state index contributed by atoms with van der Waals surface area (Å²) in [6, 6.07) is 4.47. The van der Waals surface area contributed by atoms with Crippen LogP contribution >= 0.6 is 0 Å². The highest BCUT2D eigenvalue weighted by atomic mass is 16.3. The van der Waals surface area contributed by atoms with Crippen molar-refractivity contribution in [1.82, 2.24) is 10.4 Å². The third-order valence-corrected chi connectivity index (χ3v) is 3.65. The molecule has 19 heavy (non-hydrogen) atoms. The number of carbonyl (C=O) groups is 1. The minimum Gasteiger partial charge on any atom is -0.508 e. The molecular formula is C14H20N2O3. The average Bonchev–Trinajstić information content (AvgIpc) is 2.37. The Hall–Kier alpha value is -1.75. The summed E-state index contributed by atoms with van der Waals surface area (Å²) in [6.07, 6.45) is 3.24. The number of hydrazine groups is 1. The maximum atomic E-state index is 12.2. The van der Waals surface area contributed by atoms with Crippen LogP contribution in [0.3, 0.4) is 0 Å². The van der Waals surface area contributed by atoms with Gasteiger partial charge in [0.1, 0.15) is 11.5 Å². The molecule has 1 aromatic carbocycles. The summed E-state index contributed by atoms with van der Waals surface area (Å²) in [4.78, 5) is 12.2. The molecule has 0 saturated carbocycles. The van der Waals surface area contributed by atoms with E-state index in [1.165, 1.54) is 18.2 Å². The van der Waals surface area contributed by atoms with E-state index in [2.05, 4.69) is 19.3 Å². The third-order valence-electron chi connectivity index (χ3n) is 3.65. The number of hydrogen-bond acceptors (Lipinski definition) is 4. The zero-order valence-electron chi connectivity index (χ0n) is 11.3. The highest BCUT2D eigenvalue weighted by Crippen LogP contribution is 2.24. The summed E-state index contributed by atoms with van der Waals surface area (Å²) in [5.41, 5.74) is 2.91. The highest BCUT2D eigenvalue weighted by molar-refractivity contribution is 5.96. The van der Waals surface area contributed by atoms with Gasteiger partial charge in [0.25, 0.3) is 5.91 Å². The number of phenols is 2. The van der Waals surface area contributed by atoms with Crippen molar-refractivity contribution >= 4 is 5.91 Å². The molecule has 0 radical (unpaired) electrons. The number of hydrogen-bond donors (Lipinski definition) is 3. The second-order valence-electron chi connectivity index (χ2n) is 5.18. The fraction of sp³-hybridized carbons (Fsp3) is 0.500. The predicted molar refractivity (Wildman–Crippen MR) is 71.9 cm³/mol. The van der Waals surface area contributed by atoms with E-state index >= 15 is 0 Å². The van der Waals surface area contributed by atoms with E-state index in [1.54, 1.807) is 0 Å². The fourth-order valence-electron chi connectivity index (χ4n) is 2.53. The summed E-state index contributed by atoms with van der Waals surface area (Å²) < 4.78 is 0. The Morgan fingerprint density at radius 3 is 2.53 bits per heavy atom. The number of phenolic OH excluding ortho intramolecular Hbond substituents is 2. The van der Waals surface area contributed by atoms with Crippen LogP contribution in [-0.4, -0.2) is 33.2 Å². The van der Waals surface area contributed by atoms with E-state index in [0.717, 1.165) is 19.3 Å². The van der Waals surface area contributed by atoms with Gasteiger partial charge >= 0.3 is 0 Å². The number of amides is 1. The van der Waals surface area contributed by atoms with E-state index in [4.69, 9.17) is 0 Å². The van der Waals surface area contributed by atoms with Crippen LogP contribution in [0.4, 0.5) is 0 Å². The lowest BCUT2D eigenvalue weighted by Crippen LogP contribution is -2.54. The van der Waals surface area contributed by atoms with Crippen molar-refractivity contribution in [2.45, 2.75) is 45.2 Å². The van der Waals surface area contributed by atoms with Crippen molar-refractivity contribution in [3.05, 3.63) is 23.8 Å². The van der Waals surface area contributed by atoms with Crippen molar-refractivity contribution in [2.24, 2.45) is 0 Å². The molecule has 5 heteroatoms. The Kier molecular flexibility index (Phi) is 3.95. The van der Waals surface area contributed by atoms with E-state index < -0.39 is 5.91 Å². The first kappa shape index (κ1) is 13.7. The standard InChI is InChI=1S/C14H20N2O3/c1-9-4-3-5-10(2)16(9)15-14(19)12-8-11(17)6-7-13(12)18/h6-10,17-18H,3-5H2,1-2H3,(H,15,19). The summed E-state index contributed by atoms with van der Waals surface area (Å²) in [5, 5.41) is 21.0. The largest absolute Gasteiger partial charge is 0.508 e. The summed E-state index contributed by atoms with van der Waals surface area (Å²) in [7, 11) is 0. The van der Waals surface area contributed by atoms with Crippen LogP contribution < -0.4 is 5.43 Å². The van der Waals surface area contributed by atoms with E-state index in [0.29, 0.717) is 0 Å². The van der Waals surface area contributed by atoms with Gasteiger partial charge in [-0.1, -0.05) is 6.42 Å². The molecule has 1 aliphatic heterocycles. The van der Waals surface area contributed by atoms with Gasteiger partial charge < -0.3 is 10.2 Å². The van der Waals surface area contributed by atoms with E-state index in [-0.39, 0.29) is 29.1 Å². The van der Waals surface area contributed by atoms with Crippen molar-refractivity contribution in [3.8, 4) is 11.5 Å². The summed E-state index contributed by atoms with van der Waals surface area (Å²) >= 11 is 0. The molecule has 1 heterocycles. The molecule has 1 amide bonds. The molecule has 1 aromatic rings. The van der Waals surface area contributed by atoms with Gasteiger partial charge in [-0.05, 0) is 44.9 Å². The lowest BCUT2D eigenvalue weighted by Gasteiger charge is -2.38. The van der Waals surface area contributed by atoms with Gasteiger partial charge in [-0.25, -0.2) is 5.01 Å². The van der Waals surface area contributed by atoms with Gasteiger partial charge in [0.05, 0.1) is 5.56 Å². The Morgan fingerprint density at radius 2 is 1.89 bits per heavy atom. The molecule has 0 aliphatic carbocycles. The minimum atomic E-state index is -0.394. The van der Waals surface area contributed by atoms with Crippen LogP contribution in [0.5, 0.6) is 11.5 Å². The number of nitrogens with zero attached hydrogens (tertiary/aromatic N) is 1. The quantitative estimate of drug-likeness (QED) is 0.714. The van der Waals surface area contributed by atoms with Gasteiger partial charge in [0.2, 0.25) is 0 Å². The topological polar surface area (TPSA) is 72.8 Å². The number of rotatable bonds is 2. The number of piperidine rings is 1. The summed E-state index contributed by atoms with van der Waals surface area (Å²) in [6.45, 7) is 4.14. The molecule has 0 bridgehead atoms. The smallest absolute Gasteiger partial charge is 0.269 e. The zero-order chi connectivity index (χ0) is 14.0. The third kappa shape index (κ3) is 2.98. The predicted octanol–water partition coefficient (Wildman–Crippen LogP) is 2.01.